The highest BCUT2D eigenvalue weighted by Crippen LogP contribution is 2.21. The maximum atomic E-state index is 11.2. The highest BCUT2D eigenvalue weighted by atomic mass is 16.5. The van der Waals surface area contributed by atoms with Crippen LogP contribution < -0.4 is 5.32 Å². The molecule has 0 spiro atoms. The molecule has 0 fully saturated rings. The van der Waals surface area contributed by atoms with Crippen molar-refractivity contribution < 1.29 is 19.4 Å². The average molecular weight is 267 g/mol. The zero-order chi connectivity index (χ0) is 14.5. The van der Waals surface area contributed by atoms with Crippen LogP contribution >= 0.6 is 0 Å². The Kier molecular flexibility index (Phi) is 4.80. The van der Waals surface area contributed by atoms with Crippen molar-refractivity contribution in [2.24, 2.45) is 5.41 Å². The molecule has 0 amide bonds. The molecule has 1 heterocycles. The Labute approximate surface area is 111 Å². The number of hydrogen-bond donors (Lipinski definition) is 2. The molecular formula is C12H17N3O4. The molecule has 0 bridgehead atoms. The maximum absolute atomic E-state index is 11.2. The van der Waals surface area contributed by atoms with Crippen molar-refractivity contribution in [1.29, 1.82) is 0 Å². The predicted molar refractivity (Wildman–Crippen MR) is 67.9 cm³/mol. The second-order valence-electron chi connectivity index (χ2n) is 4.37. The van der Waals surface area contributed by atoms with Crippen LogP contribution in [0.3, 0.4) is 0 Å². The molecule has 0 radical (unpaired) electrons. The minimum Gasteiger partial charge on any atom is -0.481 e. The van der Waals surface area contributed by atoms with E-state index in [1.165, 1.54) is 13.2 Å². The molecule has 19 heavy (non-hydrogen) atoms. The summed E-state index contributed by atoms with van der Waals surface area (Å²) in [5, 5.41) is 19.5. The van der Waals surface area contributed by atoms with Gasteiger partial charge in [0.15, 0.2) is 5.69 Å². The largest absolute Gasteiger partial charge is 0.481 e. The van der Waals surface area contributed by atoms with E-state index in [4.69, 9.17) is 5.11 Å². The van der Waals surface area contributed by atoms with E-state index in [0.717, 1.165) is 0 Å². The zero-order valence-corrected chi connectivity index (χ0v) is 11.1. The van der Waals surface area contributed by atoms with Gasteiger partial charge in [0.25, 0.3) is 0 Å². The van der Waals surface area contributed by atoms with Crippen LogP contribution in [0.15, 0.2) is 12.1 Å². The van der Waals surface area contributed by atoms with Gasteiger partial charge in [-0.05, 0) is 25.5 Å². The van der Waals surface area contributed by atoms with Crippen LogP contribution in [0.4, 0.5) is 5.82 Å². The number of esters is 1. The Bertz CT molecular complexity index is 461. The van der Waals surface area contributed by atoms with Gasteiger partial charge in [-0.3, -0.25) is 4.79 Å². The number of ether oxygens (including phenoxy) is 1. The van der Waals surface area contributed by atoms with Gasteiger partial charge in [-0.1, -0.05) is 6.92 Å². The molecule has 1 aromatic heterocycles. The van der Waals surface area contributed by atoms with Crippen molar-refractivity contribution in [3.63, 3.8) is 0 Å². The first-order chi connectivity index (χ1) is 8.92. The Morgan fingerprint density at radius 1 is 1.42 bits per heavy atom. The minimum atomic E-state index is -0.873. The van der Waals surface area contributed by atoms with Crippen molar-refractivity contribution in [2.45, 2.75) is 20.3 Å². The van der Waals surface area contributed by atoms with Crippen LogP contribution in [0, 0.1) is 5.41 Å². The van der Waals surface area contributed by atoms with Crippen molar-refractivity contribution in [3.8, 4) is 0 Å². The minimum absolute atomic E-state index is 0.101. The molecule has 1 unspecified atom stereocenters. The number of hydrogen-bond acceptors (Lipinski definition) is 6. The number of carboxylic acids is 1. The molecule has 7 heteroatoms. The van der Waals surface area contributed by atoms with Crippen LogP contribution in [0.2, 0.25) is 0 Å². The van der Waals surface area contributed by atoms with Crippen LogP contribution in [0.25, 0.3) is 0 Å². The van der Waals surface area contributed by atoms with Gasteiger partial charge in [0.2, 0.25) is 0 Å². The number of carbonyl (C=O) groups is 2. The van der Waals surface area contributed by atoms with Crippen molar-refractivity contribution >= 4 is 17.8 Å². The topological polar surface area (TPSA) is 101 Å². The smallest absolute Gasteiger partial charge is 0.358 e. The normalized spacial score (nSPS) is 13.4. The Balaban J connectivity index is 2.69. The SMILES string of the molecule is CCC(C)(CNc1ccc(C(=O)OC)nn1)C(=O)O. The number of nitrogens with one attached hydrogen (secondary N) is 1. The highest BCUT2D eigenvalue weighted by Gasteiger charge is 2.30. The number of methoxy groups -OCH3 is 1. The number of nitrogens with zero attached hydrogens (tertiary/aromatic N) is 2. The Morgan fingerprint density at radius 2 is 2.11 bits per heavy atom. The van der Waals surface area contributed by atoms with Crippen LogP contribution in [-0.2, 0) is 9.53 Å². The Morgan fingerprint density at radius 3 is 2.53 bits per heavy atom. The van der Waals surface area contributed by atoms with E-state index in [1.54, 1.807) is 13.0 Å². The molecule has 2 N–H and O–H groups in total. The van der Waals surface area contributed by atoms with Gasteiger partial charge in [-0.2, -0.15) is 0 Å². The first-order valence-electron chi connectivity index (χ1n) is 5.82. The van der Waals surface area contributed by atoms with E-state index in [1.807, 2.05) is 6.92 Å². The molecule has 7 nitrogen and oxygen atoms in total. The van der Waals surface area contributed by atoms with Crippen LogP contribution in [0.5, 0.6) is 0 Å². The van der Waals surface area contributed by atoms with Gasteiger partial charge >= 0.3 is 11.9 Å². The first-order valence-corrected chi connectivity index (χ1v) is 5.82. The molecule has 0 aliphatic rings. The monoisotopic (exact) mass is 267 g/mol. The lowest BCUT2D eigenvalue weighted by Gasteiger charge is -2.23. The summed E-state index contributed by atoms with van der Waals surface area (Å²) < 4.78 is 4.50. The van der Waals surface area contributed by atoms with Crippen molar-refractivity contribution in [3.05, 3.63) is 17.8 Å². The molecule has 0 saturated carbocycles. The van der Waals surface area contributed by atoms with Gasteiger partial charge in [0.1, 0.15) is 5.82 Å². The predicted octanol–water partition coefficient (Wildman–Crippen LogP) is 1.18. The molecule has 1 rings (SSSR count). The first kappa shape index (κ1) is 14.9. The molecule has 1 atom stereocenters. The summed E-state index contributed by atoms with van der Waals surface area (Å²) in [6, 6.07) is 3.02. The second kappa shape index (κ2) is 6.12. The highest BCUT2D eigenvalue weighted by molar-refractivity contribution is 5.86. The lowest BCUT2D eigenvalue weighted by Crippen LogP contribution is -2.34. The van der Waals surface area contributed by atoms with E-state index in [-0.39, 0.29) is 12.2 Å². The van der Waals surface area contributed by atoms with E-state index in [9.17, 15) is 9.59 Å². The van der Waals surface area contributed by atoms with Gasteiger partial charge in [0, 0.05) is 6.54 Å². The fourth-order valence-electron chi connectivity index (χ4n) is 1.28. The Hall–Kier alpha value is -2.18. The van der Waals surface area contributed by atoms with Crippen molar-refractivity contribution in [2.75, 3.05) is 19.0 Å². The molecule has 1 aromatic rings. The van der Waals surface area contributed by atoms with Gasteiger partial charge in [0.05, 0.1) is 12.5 Å². The number of anilines is 1. The maximum Gasteiger partial charge on any atom is 0.358 e. The quantitative estimate of drug-likeness (QED) is 0.746. The molecule has 0 saturated heterocycles. The third-order valence-electron chi connectivity index (χ3n) is 3.02. The van der Waals surface area contributed by atoms with Gasteiger partial charge in [-0.25, -0.2) is 4.79 Å². The van der Waals surface area contributed by atoms with E-state index < -0.39 is 17.4 Å². The number of rotatable bonds is 6. The average Bonchev–Trinajstić information content (AvgIpc) is 2.44. The number of carbonyl (C=O) groups excluding carboxylic acids is 1. The summed E-state index contributed by atoms with van der Waals surface area (Å²) >= 11 is 0. The van der Waals surface area contributed by atoms with Crippen LogP contribution in [0.1, 0.15) is 30.8 Å². The number of aliphatic carboxylic acids is 1. The summed E-state index contributed by atoms with van der Waals surface area (Å²) in [5.41, 5.74) is -0.771. The molecule has 104 valence electrons. The van der Waals surface area contributed by atoms with Gasteiger partial charge < -0.3 is 15.2 Å². The third-order valence-corrected chi connectivity index (χ3v) is 3.02. The fourth-order valence-corrected chi connectivity index (χ4v) is 1.28. The molecular weight excluding hydrogens is 250 g/mol. The van der Waals surface area contributed by atoms with E-state index in [2.05, 4.69) is 20.3 Å². The lowest BCUT2D eigenvalue weighted by atomic mass is 9.88. The zero-order valence-electron chi connectivity index (χ0n) is 11.1. The summed E-state index contributed by atoms with van der Waals surface area (Å²) in [6.45, 7) is 3.69. The standard InChI is InChI=1S/C12H17N3O4/c1-4-12(2,11(17)18)7-13-9-6-5-8(14-15-9)10(16)19-3/h5-6H,4,7H2,1-3H3,(H,13,15)(H,17,18). The van der Waals surface area contributed by atoms with E-state index >= 15 is 0 Å². The summed E-state index contributed by atoms with van der Waals surface area (Å²) in [6.07, 6.45) is 0.489. The second-order valence-corrected chi connectivity index (χ2v) is 4.37. The summed E-state index contributed by atoms with van der Waals surface area (Å²) in [5.74, 6) is -1.03. The molecule has 0 aliphatic heterocycles. The van der Waals surface area contributed by atoms with E-state index in [0.29, 0.717) is 12.2 Å². The van der Waals surface area contributed by atoms with Crippen LogP contribution in [-0.4, -0.2) is 40.9 Å². The number of carboxylic acid groups (broad SMARTS) is 1. The molecule has 0 aliphatic carbocycles. The molecule has 0 aromatic carbocycles. The third kappa shape index (κ3) is 3.64. The summed E-state index contributed by atoms with van der Waals surface area (Å²) in [4.78, 5) is 22.3. The van der Waals surface area contributed by atoms with Gasteiger partial charge in [-0.15, -0.1) is 10.2 Å². The van der Waals surface area contributed by atoms with Crippen molar-refractivity contribution in [1.82, 2.24) is 10.2 Å². The summed E-state index contributed by atoms with van der Waals surface area (Å²) in [7, 11) is 1.26. The fraction of sp³-hybridized carbons (Fsp3) is 0.500. The number of aromatic nitrogens is 2. The lowest BCUT2D eigenvalue weighted by molar-refractivity contribution is -0.147.